The molecule has 1 aromatic carbocycles. The maximum Gasteiger partial charge on any atom is 0.120 e. The predicted molar refractivity (Wildman–Crippen MR) is 73.0 cm³/mol. The Morgan fingerprint density at radius 3 is 2.71 bits per heavy atom. The van der Waals surface area contributed by atoms with Gasteiger partial charge < -0.3 is 9.64 Å². The zero-order valence-corrected chi connectivity index (χ0v) is 10.6. The van der Waals surface area contributed by atoms with E-state index in [1.54, 1.807) is 7.11 Å². The van der Waals surface area contributed by atoms with Crippen molar-refractivity contribution in [2.45, 2.75) is 25.7 Å². The van der Waals surface area contributed by atoms with E-state index >= 15 is 0 Å². The minimum atomic E-state index is 0.926. The molecule has 0 aromatic heterocycles. The average molecular weight is 231 g/mol. The molecule has 1 aliphatic heterocycles. The third-order valence-electron chi connectivity index (χ3n) is 3.35. The molecule has 2 heteroatoms. The number of piperidine rings is 1. The number of anilines is 1. The smallest absolute Gasteiger partial charge is 0.120 e. The van der Waals surface area contributed by atoms with Crippen LogP contribution in [0.4, 0.5) is 5.69 Å². The van der Waals surface area contributed by atoms with Gasteiger partial charge >= 0.3 is 0 Å². The van der Waals surface area contributed by atoms with Crippen LogP contribution in [0.1, 0.15) is 24.8 Å². The predicted octanol–water partition coefficient (Wildman–Crippen LogP) is 3.41. The van der Waals surface area contributed by atoms with Crippen LogP contribution in [0, 0.1) is 0 Å². The van der Waals surface area contributed by atoms with Crippen molar-refractivity contribution in [2.75, 3.05) is 25.1 Å². The number of hydrogen-bond donors (Lipinski definition) is 0. The van der Waals surface area contributed by atoms with Crippen molar-refractivity contribution >= 4 is 5.69 Å². The van der Waals surface area contributed by atoms with Gasteiger partial charge in [0, 0.05) is 24.8 Å². The standard InChI is InChI=1S/C15H21NO/c1-3-7-13-8-9-14(17-2)12-15(13)16-10-5-4-6-11-16/h3,8-9,12H,1,4-7,10-11H2,2H3. The zero-order chi connectivity index (χ0) is 12.1. The van der Waals surface area contributed by atoms with Crippen molar-refractivity contribution in [3.63, 3.8) is 0 Å². The molecular formula is C15H21NO. The molecular weight excluding hydrogens is 210 g/mol. The quantitative estimate of drug-likeness (QED) is 0.736. The summed E-state index contributed by atoms with van der Waals surface area (Å²) < 4.78 is 5.33. The topological polar surface area (TPSA) is 12.5 Å². The molecule has 1 fully saturated rings. The second-order valence-electron chi connectivity index (χ2n) is 4.54. The fourth-order valence-corrected chi connectivity index (χ4v) is 2.43. The molecule has 92 valence electrons. The summed E-state index contributed by atoms with van der Waals surface area (Å²) in [6, 6.07) is 6.35. The molecule has 0 amide bonds. The van der Waals surface area contributed by atoms with Crippen molar-refractivity contribution in [1.29, 1.82) is 0 Å². The van der Waals surface area contributed by atoms with Crippen LogP contribution in [0.2, 0.25) is 0 Å². The molecule has 0 bridgehead atoms. The maximum atomic E-state index is 5.33. The minimum Gasteiger partial charge on any atom is -0.497 e. The van der Waals surface area contributed by atoms with E-state index in [2.05, 4.69) is 23.6 Å². The number of benzene rings is 1. The number of allylic oxidation sites excluding steroid dienone is 1. The second kappa shape index (κ2) is 5.76. The summed E-state index contributed by atoms with van der Waals surface area (Å²) in [5.41, 5.74) is 2.67. The molecule has 2 rings (SSSR count). The lowest BCUT2D eigenvalue weighted by Gasteiger charge is -2.30. The summed E-state index contributed by atoms with van der Waals surface area (Å²) >= 11 is 0. The van der Waals surface area contributed by atoms with Gasteiger partial charge in [-0.2, -0.15) is 0 Å². The highest BCUT2D eigenvalue weighted by Crippen LogP contribution is 2.29. The molecule has 0 unspecified atom stereocenters. The van der Waals surface area contributed by atoms with E-state index in [0.29, 0.717) is 0 Å². The van der Waals surface area contributed by atoms with Crippen molar-refractivity contribution in [3.8, 4) is 5.75 Å². The van der Waals surface area contributed by atoms with Gasteiger partial charge in [0.05, 0.1) is 7.11 Å². The lowest BCUT2D eigenvalue weighted by Crippen LogP contribution is -2.30. The SMILES string of the molecule is C=CCc1ccc(OC)cc1N1CCCCC1. The molecule has 0 N–H and O–H groups in total. The Morgan fingerprint density at radius 1 is 1.29 bits per heavy atom. The van der Waals surface area contributed by atoms with Crippen molar-refractivity contribution in [1.82, 2.24) is 0 Å². The number of ether oxygens (including phenoxy) is 1. The van der Waals surface area contributed by atoms with Gasteiger partial charge in [0.15, 0.2) is 0 Å². The normalized spacial score (nSPS) is 15.7. The summed E-state index contributed by atoms with van der Waals surface area (Å²) in [6.07, 6.45) is 6.85. The number of nitrogens with zero attached hydrogens (tertiary/aromatic N) is 1. The first kappa shape index (κ1) is 12.0. The molecule has 1 heterocycles. The van der Waals surface area contributed by atoms with Crippen LogP contribution < -0.4 is 9.64 Å². The van der Waals surface area contributed by atoms with Gasteiger partial charge in [-0.15, -0.1) is 6.58 Å². The average Bonchev–Trinajstić information content (AvgIpc) is 2.40. The largest absolute Gasteiger partial charge is 0.497 e. The molecule has 17 heavy (non-hydrogen) atoms. The molecule has 1 saturated heterocycles. The van der Waals surface area contributed by atoms with Gasteiger partial charge in [-0.1, -0.05) is 12.1 Å². The third-order valence-corrected chi connectivity index (χ3v) is 3.35. The fraction of sp³-hybridized carbons (Fsp3) is 0.467. The van der Waals surface area contributed by atoms with E-state index < -0.39 is 0 Å². The van der Waals surface area contributed by atoms with Crippen LogP contribution in [0.3, 0.4) is 0 Å². The van der Waals surface area contributed by atoms with Gasteiger partial charge in [0.1, 0.15) is 5.75 Å². The van der Waals surface area contributed by atoms with E-state index in [1.165, 1.54) is 30.5 Å². The van der Waals surface area contributed by atoms with Gasteiger partial charge in [-0.05, 0) is 37.3 Å². The Morgan fingerprint density at radius 2 is 2.06 bits per heavy atom. The lowest BCUT2D eigenvalue weighted by molar-refractivity contribution is 0.414. The Hall–Kier alpha value is -1.44. The van der Waals surface area contributed by atoms with Gasteiger partial charge in [-0.3, -0.25) is 0 Å². The minimum absolute atomic E-state index is 0.926. The van der Waals surface area contributed by atoms with Gasteiger partial charge in [0.25, 0.3) is 0 Å². The van der Waals surface area contributed by atoms with Gasteiger partial charge in [-0.25, -0.2) is 0 Å². The summed E-state index contributed by atoms with van der Waals surface area (Å²) in [5, 5.41) is 0. The Labute approximate surface area is 104 Å². The maximum absolute atomic E-state index is 5.33. The van der Waals surface area contributed by atoms with E-state index in [9.17, 15) is 0 Å². The van der Waals surface area contributed by atoms with E-state index in [4.69, 9.17) is 4.74 Å². The molecule has 0 atom stereocenters. The van der Waals surface area contributed by atoms with E-state index in [1.807, 2.05) is 12.1 Å². The van der Waals surface area contributed by atoms with Crippen molar-refractivity contribution in [3.05, 3.63) is 36.4 Å². The summed E-state index contributed by atoms with van der Waals surface area (Å²) in [6.45, 7) is 6.16. The number of rotatable bonds is 4. The highest BCUT2D eigenvalue weighted by atomic mass is 16.5. The first-order valence-electron chi connectivity index (χ1n) is 6.38. The van der Waals surface area contributed by atoms with Gasteiger partial charge in [0.2, 0.25) is 0 Å². The first-order valence-corrected chi connectivity index (χ1v) is 6.38. The molecule has 0 saturated carbocycles. The van der Waals surface area contributed by atoms with Crippen LogP contribution in [0.5, 0.6) is 5.75 Å². The van der Waals surface area contributed by atoms with Crippen LogP contribution in [0.25, 0.3) is 0 Å². The van der Waals surface area contributed by atoms with Crippen LogP contribution in [-0.2, 0) is 6.42 Å². The van der Waals surface area contributed by atoms with Crippen LogP contribution in [0.15, 0.2) is 30.9 Å². The highest BCUT2D eigenvalue weighted by Gasteiger charge is 2.14. The molecule has 2 nitrogen and oxygen atoms in total. The van der Waals surface area contributed by atoms with Crippen molar-refractivity contribution in [2.24, 2.45) is 0 Å². The summed E-state index contributed by atoms with van der Waals surface area (Å²) in [4.78, 5) is 2.48. The molecule has 0 spiro atoms. The Balaban J connectivity index is 2.29. The lowest BCUT2D eigenvalue weighted by atomic mass is 10.0. The van der Waals surface area contributed by atoms with Crippen LogP contribution >= 0.6 is 0 Å². The summed E-state index contributed by atoms with van der Waals surface area (Å²) in [7, 11) is 1.72. The highest BCUT2D eigenvalue weighted by molar-refractivity contribution is 5.58. The molecule has 1 aliphatic rings. The molecule has 1 aromatic rings. The number of methoxy groups -OCH3 is 1. The van der Waals surface area contributed by atoms with E-state index in [-0.39, 0.29) is 0 Å². The Kier molecular flexibility index (Phi) is 4.08. The second-order valence-corrected chi connectivity index (χ2v) is 4.54. The van der Waals surface area contributed by atoms with Crippen LogP contribution in [-0.4, -0.2) is 20.2 Å². The fourth-order valence-electron chi connectivity index (χ4n) is 2.43. The Bertz CT molecular complexity index is 381. The molecule has 0 radical (unpaired) electrons. The van der Waals surface area contributed by atoms with E-state index in [0.717, 1.165) is 25.3 Å². The zero-order valence-electron chi connectivity index (χ0n) is 10.6. The molecule has 0 aliphatic carbocycles. The number of hydrogen-bond acceptors (Lipinski definition) is 2. The van der Waals surface area contributed by atoms with Crippen molar-refractivity contribution < 1.29 is 4.74 Å². The third kappa shape index (κ3) is 2.82. The monoisotopic (exact) mass is 231 g/mol. The first-order chi connectivity index (χ1) is 8.35. The summed E-state index contributed by atoms with van der Waals surface area (Å²) in [5.74, 6) is 0.943.